The van der Waals surface area contributed by atoms with Crippen molar-refractivity contribution in [3.63, 3.8) is 0 Å². The highest BCUT2D eigenvalue weighted by molar-refractivity contribution is 7.00. The number of hydrogen-bond acceptors (Lipinski definition) is 0. The van der Waals surface area contributed by atoms with Crippen molar-refractivity contribution >= 4 is 143 Å². The summed E-state index contributed by atoms with van der Waals surface area (Å²) in [6.07, 6.45) is 0. The second-order valence-electron chi connectivity index (χ2n) is 25.0. The lowest BCUT2D eigenvalue weighted by molar-refractivity contribution is 1.01. The van der Waals surface area contributed by atoms with Gasteiger partial charge in [-0.15, -0.1) is 0 Å². The Bertz CT molecular complexity index is 6060. The molecule has 0 N–H and O–H groups in total. The van der Waals surface area contributed by atoms with E-state index in [0.717, 1.165) is 111 Å². The van der Waals surface area contributed by atoms with Crippen LogP contribution >= 0.6 is 0 Å². The topological polar surface area (TPSA) is 29.6 Å². The van der Waals surface area contributed by atoms with Crippen LogP contribution in [0.25, 0.3) is 165 Å². The molecule has 1 aliphatic rings. The molecule has 0 aliphatic carbocycles. The third-order valence-corrected chi connectivity index (χ3v) is 20.5. The monoisotopic (exact) mass is 1180 g/mol. The molecule has 0 bridgehead atoms. The van der Waals surface area contributed by atoms with E-state index in [2.05, 4.69) is 349 Å². The second kappa shape index (κ2) is 19.1. The Morgan fingerprint density at radius 3 is 0.731 bits per heavy atom. The van der Waals surface area contributed by atoms with Crippen molar-refractivity contribution < 1.29 is 0 Å². The fourth-order valence-corrected chi connectivity index (χ4v) is 16.9. The molecule has 1 aliphatic heterocycles. The predicted molar refractivity (Wildman–Crippen MR) is 392 cm³/mol. The summed E-state index contributed by atoms with van der Waals surface area (Å²) < 4.78 is 16.0. The zero-order valence-electron chi connectivity index (χ0n) is 50.4. The number of nitrogens with zero attached hydrogens (tertiary/aromatic N) is 6. The minimum atomic E-state index is -0.323. The molecule has 0 spiro atoms. The van der Waals surface area contributed by atoms with Gasteiger partial charge in [0.2, 0.25) is 6.71 Å². The number of fused-ring (bicyclic) bond motifs is 20. The molecule has 0 saturated carbocycles. The maximum absolute atomic E-state index is 2.72. The van der Waals surface area contributed by atoms with Gasteiger partial charge >= 0.3 is 0 Å². The number of benzene rings is 14. The lowest BCUT2D eigenvalue weighted by Gasteiger charge is -2.33. The summed E-state index contributed by atoms with van der Waals surface area (Å²) in [5, 5.41) is 11.8. The summed E-state index contributed by atoms with van der Waals surface area (Å²) in [6.45, 7) is -0.323. The summed E-state index contributed by atoms with van der Waals surface area (Å²) in [5.41, 5.74) is 26.0. The van der Waals surface area contributed by atoms with Crippen LogP contribution in [0.4, 0.5) is 0 Å². The van der Waals surface area contributed by atoms with E-state index in [1.165, 1.54) is 70.6 Å². The van der Waals surface area contributed by atoms with Crippen LogP contribution in [0.5, 0.6) is 0 Å². The lowest BCUT2D eigenvalue weighted by atomic mass is 9.38. The zero-order chi connectivity index (χ0) is 60.6. The average molecular weight is 1180 g/mol. The molecule has 93 heavy (non-hydrogen) atoms. The van der Waals surface area contributed by atoms with Crippen LogP contribution in [-0.4, -0.2) is 34.1 Å². The third kappa shape index (κ3) is 6.71. The van der Waals surface area contributed by atoms with Gasteiger partial charge in [-0.3, -0.25) is 0 Å². The summed E-state index contributed by atoms with van der Waals surface area (Å²) in [5.74, 6) is 0. The molecule has 0 radical (unpaired) electrons. The van der Waals surface area contributed by atoms with Crippen molar-refractivity contribution in [1.82, 2.24) is 27.4 Å². The number of rotatable bonds is 7. The molecule has 0 fully saturated rings. The number of para-hydroxylation sites is 11. The zero-order valence-corrected chi connectivity index (χ0v) is 50.4. The number of hydrogen-bond donors (Lipinski definition) is 0. The molecular formula is C86H53BN6. The minimum absolute atomic E-state index is 0.323. The van der Waals surface area contributed by atoms with Crippen LogP contribution in [0.1, 0.15) is 0 Å². The van der Waals surface area contributed by atoms with Crippen molar-refractivity contribution in [2.45, 2.75) is 0 Å². The normalized spacial score (nSPS) is 12.5. The minimum Gasteiger partial charge on any atom is -0.307 e. The molecule has 0 unspecified atom stereocenters. The van der Waals surface area contributed by atoms with Gasteiger partial charge in [0.25, 0.3) is 0 Å². The van der Waals surface area contributed by atoms with Crippen molar-refractivity contribution in [3.05, 3.63) is 322 Å². The Morgan fingerprint density at radius 1 is 0.172 bits per heavy atom. The van der Waals surface area contributed by atoms with Crippen molar-refractivity contribution in [1.29, 1.82) is 0 Å². The Labute approximate surface area is 534 Å². The van der Waals surface area contributed by atoms with Gasteiger partial charge in [0, 0.05) is 59.5 Å². The SMILES string of the molecule is c1ccc(-n2c3ccccc3c3c2c2ccccc2n3-c2c(-n3c4ccccc4c4ccccc43)c(-n3c4ccccc4c4ccccc43)c(B3c4ccccc4-c4ccccc43)c(-n3c4ccccc4c4ccccc43)c2-n2c3ccccc3c3ccccc32)cc1. The maximum atomic E-state index is 2.72. The molecule has 6 nitrogen and oxygen atoms in total. The first-order valence-electron chi connectivity index (χ1n) is 32.2. The van der Waals surface area contributed by atoms with Crippen LogP contribution in [0.2, 0.25) is 0 Å². The maximum Gasteiger partial charge on any atom is 0.248 e. The molecule has 0 saturated heterocycles. The average Bonchev–Trinajstić information content (AvgIpc) is 1.58. The largest absolute Gasteiger partial charge is 0.307 e. The third-order valence-electron chi connectivity index (χ3n) is 20.5. The Morgan fingerprint density at radius 2 is 0.398 bits per heavy atom. The molecule has 0 atom stereocenters. The second-order valence-corrected chi connectivity index (χ2v) is 25.0. The van der Waals surface area contributed by atoms with Gasteiger partial charge in [-0.05, 0) is 89.4 Å². The van der Waals surface area contributed by atoms with E-state index < -0.39 is 0 Å². The summed E-state index contributed by atoms with van der Waals surface area (Å²) >= 11 is 0. The number of aromatic nitrogens is 6. The highest BCUT2D eigenvalue weighted by Crippen LogP contribution is 2.51. The Balaban J connectivity index is 1.17. The van der Waals surface area contributed by atoms with E-state index in [1.807, 2.05) is 0 Å². The van der Waals surface area contributed by atoms with E-state index in [9.17, 15) is 0 Å². The van der Waals surface area contributed by atoms with Crippen molar-refractivity contribution in [2.24, 2.45) is 0 Å². The van der Waals surface area contributed by atoms with Crippen LogP contribution in [-0.2, 0) is 0 Å². The first kappa shape index (κ1) is 50.5. The van der Waals surface area contributed by atoms with Crippen LogP contribution in [0.15, 0.2) is 322 Å². The van der Waals surface area contributed by atoms with E-state index >= 15 is 0 Å². The molecule has 0 amide bonds. The molecule has 20 aromatic rings. The van der Waals surface area contributed by atoms with E-state index in [1.54, 1.807) is 0 Å². The molecular weight excluding hydrogens is 1130 g/mol. The van der Waals surface area contributed by atoms with E-state index in [4.69, 9.17) is 0 Å². The molecule has 6 aromatic heterocycles. The molecule has 7 heterocycles. The first-order chi connectivity index (χ1) is 46.3. The fraction of sp³-hybridized carbons (Fsp3) is 0. The van der Waals surface area contributed by atoms with Gasteiger partial charge in [-0.2, -0.15) is 0 Å². The van der Waals surface area contributed by atoms with Gasteiger partial charge in [0.1, 0.15) is 0 Å². The smallest absolute Gasteiger partial charge is 0.248 e. The van der Waals surface area contributed by atoms with Gasteiger partial charge in [0.05, 0.1) is 94.6 Å². The fourth-order valence-electron chi connectivity index (χ4n) is 16.9. The molecule has 7 heteroatoms. The van der Waals surface area contributed by atoms with Crippen LogP contribution in [0.3, 0.4) is 0 Å². The summed E-state index contributed by atoms with van der Waals surface area (Å²) in [6, 6.07) is 121. The molecule has 21 rings (SSSR count). The molecule has 14 aromatic carbocycles. The lowest BCUT2D eigenvalue weighted by Crippen LogP contribution is -2.52. The summed E-state index contributed by atoms with van der Waals surface area (Å²) in [7, 11) is 0. The summed E-state index contributed by atoms with van der Waals surface area (Å²) in [4.78, 5) is 0. The predicted octanol–water partition coefficient (Wildman–Crippen LogP) is 19.6. The highest BCUT2D eigenvalue weighted by Gasteiger charge is 2.44. The van der Waals surface area contributed by atoms with Crippen molar-refractivity contribution in [2.75, 3.05) is 0 Å². The van der Waals surface area contributed by atoms with Gasteiger partial charge < -0.3 is 27.4 Å². The van der Waals surface area contributed by atoms with Gasteiger partial charge in [-0.1, -0.05) is 260 Å². The van der Waals surface area contributed by atoms with Gasteiger partial charge in [0.15, 0.2) is 0 Å². The Kier molecular flexibility index (Phi) is 10.4. The van der Waals surface area contributed by atoms with Crippen LogP contribution in [0, 0.1) is 0 Å². The van der Waals surface area contributed by atoms with Crippen molar-refractivity contribution in [3.8, 4) is 45.3 Å². The quantitative estimate of drug-likeness (QED) is 0.142. The van der Waals surface area contributed by atoms with E-state index in [-0.39, 0.29) is 6.71 Å². The first-order valence-corrected chi connectivity index (χ1v) is 32.2. The van der Waals surface area contributed by atoms with Crippen LogP contribution < -0.4 is 16.4 Å². The highest BCUT2D eigenvalue weighted by atomic mass is 15.2. The van der Waals surface area contributed by atoms with E-state index in [0.29, 0.717) is 0 Å². The Hall–Kier alpha value is -12.3. The molecule has 430 valence electrons. The van der Waals surface area contributed by atoms with Gasteiger partial charge in [-0.25, -0.2) is 0 Å². The standard InChI is InChI=1S/C86H53BN6/c1-2-28-54(29-3-1)88-77-52-26-14-40-65(77)81-80(88)66-41-15-27-53-78(66)93(81)86-84(91-73-48-22-10-36-61(73)62-37-11-23-49-74(62)91)82(89-69-44-18-6-32-57(69)58-33-7-19-45-70(58)89)79(87-67-42-16-4-30-55(67)56-31-5-17-43-68(56)87)83(90-71-46-20-8-34-59(71)60-35-9-21-47-72(60)90)85(86)92-75-50-24-12-38-63(75)64-39-13-25-51-76(64)92/h1-53H.